The molecule has 0 aromatic rings. The summed E-state index contributed by atoms with van der Waals surface area (Å²) in [6.45, 7) is 11.9. The number of carbonyl (C=O) groups is 1. The van der Waals surface area contributed by atoms with Crippen LogP contribution in [-0.2, 0) is 4.74 Å². The minimum absolute atomic E-state index is 0.136. The van der Waals surface area contributed by atoms with E-state index in [1.807, 2.05) is 27.7 Å². The standard InChI is InChI=1S/C17H36N2O2/c1-6-7-8-9-10-11-13-18-14-12-15(2)19-16(20)21-17(3,4)5/h15,18H,6-14H2,1-5H3,(H,19,20). The molecule has 1 amide bonds. The zero-order valence-electron chi connectivity index (χ0n) is 14.8. The van der Waals surface area contributed by atoms with Crippen molar-refractivity contribution in [3.8, 4) is 0 Å². The van der Waals surface area contributed by atoms with E-state index < -0.39 is 5.60 Å². The second-order valence-corrected chi connectivity index (χ2v) is 6.85. The minimum Gasteiger partial charge on any atom is -0.444 e. The number of hydrogen-bond acceptors (Lipinski definition) is 3. The van der Waals surface area contributed by atoms with E-state index >= 15 is 0 Å². The molecule has 0 bridgehead atoms. The number of hydrogen-bond donors (Lipinski definition) is 2. The van der Waals surface area contributed by atoms with Gasteiger partial charge in [0.05, 0.1) is 0 Å². The van der Waals surface area contributed by atoms with Crippen LogP contribution in [0, 0.1) is 0 Å². The Morgan fingerprint density at radius 2 is 1.67 bits per heavy atom. The number of ether oxygens (including phenoxy) is 1. The van der Waals surface area contributed by atoms with E-state index in [1.54, 1.807) is 0 Å². The molecule has 0 fully saturated rings. The largest absolute Gasteiger partial charge is 0.444 e. The van der Waals surface area contributed by atoms with E-state index in [0.29, 0.717) is 0 Å². The molecule has 0 saturated carbocycles. The first-order valence-corrected chi connectivity index (χ1v) is 8.55. The van der Waals surface area contributed by atoms with Crippen molar-refractivity contribution in [2.24, 2.45) is 0 Å². The Morgan fingerprint density at radius 1 is 1.05 bits per heavy atom. The third-order valence-electron chi connectivity index (χ3n) is 3.22. The Labute approximate surface area is 131 Å². The van der Waals surface area contributed by atoms with Gasteiger partial charge in [-0.2, -0.15) is 0 Å². The van der Waals surface area contributed by atoms with E-state index in [-0.39, 0.29) is 12.1 Å². The average molecular weight is 300 g/mol. The number of rotatable bonds is 11. The lowest BCUT2D eigenvalue weighted by molar-refractivity contribution is 0.0506. The summed E-state index contributed by atoms with van der Waals surface area (Å²) in [7, 11) is 0. The molecule has 0 aliphatic heterocycles. The molecule has 0 aliphatic rings. The number of alkyl carbamates (subject to hydrolysis) is 1. The molecule has 21 heavy (non-hydrogen) atoms. The highest BCUT2D eigenvalue weighted by Crippen LogP contribution is 2.07. The Bertz CT molecular complexity index is 262. The topological polar surface area (TPSA) is 50.4 Å². The first-order chi connectivity index (χ1) is 9.85. The van der Waals surface area contributed by atoms with Gasteiger partial charge < -0.3 is 15.4 Å². The summed E-state index contributed by atoms with van der Waals surface area (Å²) in [5.41, 5.74) is -0.431. The Hall–Kier alpha value is -0.770. The molecule has 4 nitrogen and oxygen atoms in total. The van der Waals surface area contributed by atoms with Gasteiger partial charge in [-0.05, 0) is 53.6 Å². The van der Waals surface area contributed by atoms with Crippen LogP contribution in [0.5, 0.6) is 0 Å². The van der Waals surface area contributed by atoms with Crippen molar-refractivity contribution >= 4 is 6.09 Å². The molecule has 4 heteroatoms. The van der Waals surface area contributed by atoms with Gasteiger partial charge in [0.2, 0.25) is 0 Å². The number of unbranched alkanes of at least 4 members (excludes halogenated alkanes) is 5. The highest BCUT2D eigenvalue weighted by molar-refractivity contribution is 5.67. The van der Waals surface area contributed by atoms with E-state index in [0.717, 1.165) is 19.5 Å². The summed E-state index contributed by atoms with van der Waals surface area (Å²) >= 11 is 0. The quantitative estimate of drug-likeness (QED) is 0.561. The number of carbonyl (C=O) groups excluding carboxylic acids is 1. The van der Waals surface area contributed by atoms with Crippen LogP contribution >= 0.6 is 0 Å². The summed E-state index contributed by atoms with van der Waals surface area (Å²) < 4.78 is 5.23. The van der Waals surface area contributed by atoms with Gasteiger partial charge in [-0.15, -0.1) is 0 Å². The summed E-state index contributed by atoms with van der Waals surface area (Å²) in [5, 5.41) is 6.30. The highest BCUT2D eigenvalue weighted by atomic mass is 16.6. The second kappa shape index (κ2) is 11.8. The molecule has 0 rings (SSSR count). The molecule has 1 unspecified atom stereocenters. The van der Waals surface area contributed by atoms with E-state index in [9.17, 15) is 4.79 Å². The normalized spacial score (nSPS) is 13.0. The van der Waals surface area contributed by atoms with Crippen molar-refractivity contribution in [3.05, 3.63) is 0 Å². The fraction of sp³-hybridized carbons (Fsp3) is 0.941. The van der Waals surface area contributed by atoms with Crippen molar-refractivity contribution in [2.75, 3.05) is 13.1 Å². The molecule has 0 heterocycles. The first kappa shape index (κ1) is 20.2. The SMILES string of the molecule is CCCCCCCCNCCC(C)NC(=O)OC(C)(C)C. The van der Waals surface area contributed by atoms with Gasteiger partial charge in [0, 0.05) is 6.04 Å². The van der Waals surface area contributed by atoms with Crippen LogP contribution in [0.4, 0.5) is 4.79 Å². The van der Waals surface area contributed by atoms with E-state index in [1.165, 1.54) is 38.5 Å². The van der Waals surface area contributed by atoms with Crippen LogP contribution in [0.25, 0.3) is 0 Å². The van der Waals surface area contributed by atoms with Crippen molar-refractivity contribution in [1.29, 1.82) is 0 Å². The van der Waals surface area contributed by atoms with Gasteiger partial charge in [-0.1, -0.05) is 39.0 Å². The van der Waals surface area contributed by atoms with Crippen LogP contribution in [0.15, 0.2) is 0 Å². The minimum atomic E-state index is -0.431. The molecule has 1 atom stereocenters. The Kier molecular flexibility index (Phi) is 11.4. The third kappa shape index (κ3) is 15.4. The van der Waals surface area contributed by atoms with Gasteiger partial charge in [-0.25, -0.2) is 4.79 Å². The Balaban J connectivity index is 3.41. The molecule has 0 saturated heterocycles. The van der Waals surface area contributed by atoms with Crippen LogP contribution in [0.2, 0.25) is 0 Å². The molecule has 126 valence electrons. The van der Waals surface area contributed by atoms with Crippen molar-refractivity contribution < 1.29 is 9.53 Å². The smallest absolute Gasteiger partial charge is 0.407 e. The zero-order chi connectivity index (χ0) is 16.1. The molecule has 0 aliphatic carbocycles. The van der Waals surface area contributed by atoms with E-state index in [2.05, 4.69) is 17.6 Å². The average Bonchev–Trinajstić information content (AvgIpc) is 2.34. The predicted molar refractivity (Wildman–Crippen MR) is 89.7 cm³/mol. The molecular weight excluding hydrogens is 264 g/mol. The van der Waals surface area contributed by atoms with Gasteiger partial charge in [0.25, 0.3) is 0 Å². The molecule has 0 aromatic carbocycles. The molecule has 2 N–H and O–H groups in total. The number of amides is 1. The fourth-order valence-corrected chi connectivity index (χ4v) is 2.05. The maximum atomic E-state index is 11.6. The lowest BCUT2D eigenvalue weighted by Crippen LogP contribution is -2.39. The maximum absolute atomic E-state index is 11.6. The highest BCUT2D eigenvalue weighted by Gasteiger charge is 2.17. The first-order valence-electron chi connectivity index (χ1n) is 8.55. The van der Waals surface area contributed by atoms with Gasteiger partial charge in [0.15, 0.2) is 0 Å². The van der Waals surface area contributed by atoms with Crippen LogP contribution in [0.3, 0.4) is 0 Å². The monoisotopic (exact) mass is 300 g/mol. The van der Waals surface area contributed by atoms with E-state index in [4.69, 9.17) is 4.74 Å². The summed E-state index contributed by atoms with van der Waals surface area (Å²) in [6, 6.07) is 0.136. The maximum Gasteiger partial charge on any atom is 0.407 e. The van der Waals surface area contributed by atoms with Crippen LogP contribution in [-0.4, -0.2) is 30.8 Å². The molecular formula is C17H36N2O2. The fourth-order valence-electron chi connectivity index (χ4n) is 2.05. The number of nitrogens with one attached hydrogen (secondary N) is 2. The second-order valence-electron chi connectivity index (χ2n) is 6.85. The lowest BCUT2D eigenvalue weighted by Gasteiger charge is -2.22. The third-order valence-corrected chi connectivity index (χ3v) is 3.22. The van der Waals surface area contributed by atoms with Crippen LogP contribution < -0.4 is 10.6 Å². The van der Waals surface area contributed by atoms with Gasteiger partial charge in [0.1, 0.15) is 5.60 Å². The zero-order valence-corrected chi connectivity index (χ0v) is 14.8. The summed E-state index contributed by atoms with van der Waals surface area (Å²) in [5.74, 6) is 0. The molecule has 0 spiro atoms. The summed E-state index contributed by atoms with van der Waals surface area (Å²) in [4.78, 5) is 11.6. The van der Waals surface area contributed by atoms with Crippen LogP contribution in [0.1, 0.15) is 79.6 Å². The van der Waals surface area contributed by atoms with Crippen molar-refractivity contribution in [1.82, 2.24) is 10.6 Å². The Morgan fingerprint density at radius 3 is 2.29 bits per heavy atom. The van der Waals surface area contributed by atoms with Gasteiger partial charge >= 0.3 is 6.09 Å². The molecule has 0 aromatic heterocycles. The predicted octanol–water partition coefficient (Wildman–Crippen LogP) is 4.24. The van der Waals surface area contributed by atoms with Gasteiger partial charge in [-0.3, -0.25) is 0 Å². The molecule has 0 radical (unpaired) electrons. The van der Waals surface area contributed by atoms with Crippen molar-refractivity contribution in [2.45, 2.75) is 91.2 Å². The van der Waals surface area contributed by atoms with Crippen molar-refractivity contribution in [3.63, 3.8) is 0 Å². The summed E-state index contributed by atoms with van der Waals surface area (Å²) in [6.07, 6.45) is 8.55. The lowest BCUT2D eigenvalue weighted by atomic mass is 10.1.